The van der Waals surface area contributed by atoms with Gasteiger partial charge < -0.3 is 19.5 Å². The molecule has 4 aromatic carbocycles. The SMILES string of the molecule is CCCCc1c(-c2ccc(C(=O)OC(C)(C)C)cc2C(=O)N2CCc3ccccc3C2)c(C(=O)O)nn1-c1cccc(Oc2ccccc2)c1. The van der Waals surface area contributed by atoms with E-state index in [1.54, 1.807) is 42.5 Å². The lowest BCUT2D eigenvalue weighted by Gasteiger charge is -2.30. The van der Waals surface area contributed by atoms with Crippen LogP contribution >= 0.6 is 0 Å². The molecular formula is C41H41N3O6. The van der Waals surface area contributed by atoms with Crippen LogP contribution in [0.4, 0.5) is 0 Å². The van der Waals surface area contributed by atoms with Gasteiger partial charge in [0.15, 0.2) is 5.69 Å². The summed E-state index contributed by atoms with van der Waals surface area (Å²) in [6.45, 7) is 8.28. The molecule has 9 nitrogen and oxygen atoms in total. The summed E-state index contributed by atoms with van der Waals surface area (Å²) in [7, 11) is 0. The minimum atomic E-state index is -1.23. The summed E-state index contributed by atoms with van der Waals surface area (Å²) in [5.74, 6) is -0.875. The molecule has 50 heavy (non-hydrogen) atoms. The van der Waals surface area contributed by atoms with Crippen LogP contribution in [0, 0.1) is 0 Å². The minimum Gasteiger partial charge on any atom is -0.476 e. The summed E-state index contributed by atoms with van der Waals surface area (Å²) in [5, 5.41) is 15.2. The maximum atomic E-state index is 14.5. The molecule has 0 spiro atoms. The summed E-state index contributed by atoms with van der Waals surface area (Å²) in [6.07, 6.45) is 2.78. The van der Waals surface area contributed by atoms with Gasteiger partial charge in [-0.1, -0.05) is 67.9 Å². The highest BCUT2D eigenvalue weighted by Crippen LogP contribution is 2.36. The number of rotatable bonds is 10. The average Bonchev–Trinajstić information content (AvgIpc) is 3.49. The van der Waals surface area contributed by atoms with Gasteiger partial charge in [0.05, 0.1) is 16.9 Å². The van der Waals surface area contributed by atoms with Crippen molar-refractivity contribution in [2.24, 2.45) is 0 Å². The number of aromatic carboxylic acids is 1. The first-order valence-electron chi connectivity index (χ1n) is 16.9. The quantitative estimate of drug-likeness (QED) is 0.148. The van der Waals surface area contributed by atoms with Gasteiger partial charge in [-0.25, -0.2) is 14.3 Å². The van der Waals surface area contributed by atoms with Crippen molar-refractivity contribution in [3.63, 3.8) is 0 Å². The van der Waals surface area contributed by atoms with E-state index in [1.807, 2.05) is 72.8 Å². The van der Waals surface area contributed by atoms with Gasteiger partial charge >= 0.3 is 11.9 Å². The first-order chi connectivity index (χ1) is 24.0. The summed E-state index contributed by atoms with van der Waals surface area (Å²) < 4.78 is 13.4. The predicted octanol–water partition coefficient (Wildman–Crippen LogP) is 8.53. The number of hydrogen-bond donors (Lipinski definition) is 1. The number of carboxylic acids is 1. The Labute approximate surface area is 292 Å². The molecule has 6 rings (SSSR count). The van der Waals surface area contributed by atoms with E-state index in [1.165, 1.54) is 11.6 Å². The van der Waals surface area contributed by atoms with Gasteiger partial charge in [0, 0.05) is 30.3 Å². The molecule has 1 amide bonds. The molecule has 1 aliphatic rings. The third-order valence-corrected chi connectivity index (χ3v) is 8.56. The number of amides is 1. The van der Waals surface area contributed by atoms with Crippen LogP contribution in [-0.4, -0.2) is 49.8 Å². The number of aromatic nitrogens is 2. The number of nitrogens with zero attached hydrogens (tertiary/aromatic N) is 3. The molecule has 0 unspecified atom stereocenters. The first kappa shape index (κ1) is 34.2. The fourth-order valence-electron chi connectivity index (χ4n) is 6.22. The molecule has 0 fully saturated rings. The van der Waals surface area contributed by atoms with E-state index in [4.69, 9.17) is 9.47 Å². The molecule has 2 heterocycles. The Morgan fingerprint density at radius 3 is 2.30 bits per heavy atom. The smallest absolute Gasteiger partial charge is 0.357 e. The van der Waals surface area contributed by atoms with E-state index in [9.17, 15) is 19.5 Å². The number of hydrogen-bond acceptors (Lipinski definition) is 6. The second-order valence-corrected chi connectivity index (χ2v) is 13.4. The summed E-state index contributed by atoms with van der Waals surface area (Å²) >= 11 is 0. The van der Waals surface area contributed by atoms with Crippen molar-refractivity contribution in [3.8, 4) is 28.3 Å². The third kappa shape index (κ3) is 7.47. The molecule has 1 N–H and O–H groups in total. The summed E-state index contributed by atoms with van der Waals surface area (Å²) in [6, 6.07) is 29.5. The molecular weight excluding hydrogens is 630 g/mol. The number of fused-ring (bicyclic) bond motifs is 1. The van der Waals surface area contributed by atoms with Crippen LogP contribution in [0.15, 0.2) is 97.1 Å². The van der Waals surface area contributed by atoms with E-state index in [0.29, 0.717) is 59.9 Å². The van der Waals surface area contributed by atoms with Gasteiger partial charge in [-0.3, -0.25) is 4.79 Å². The molecule has 256 valence electrons. The number of esters is 1. The standard InChI is InChI=1S/C41H41N3O6/c1-5-6-19-35-36(37(39(46)47)42-44(35)30-15-12-18-32(25-30)49-31-16-8-7-9-17-31)33-21-20-28(40(48)50-41(2,3)4)24-34(33)38(45)43-23-22-27-13-10-11-14-29(27)26-43/h7-18,20-21,24-25H,5-6,19,22-23,26H2,1-4H3,(H,46,47). The number of para-hydroxylation sites is 1. The molecule has 0 saturated carbocycles. The molecule has 1 aromatic heterocycles. The Morgan fingerprint density at radius 1 is 0.860 bits per heavy atom. The first-order valence-corrected chi connectivity index (χ1v) is 16.9. The van der Waals surface area contributed by atoms with Gasteiger partial charge in [-0.2, -0.15) is 5.10 Å². The molecule has 0 saturated heterocycles. The molecule has 5 aromatic rings. The monoisotopic (exact) mass is 671 g/mol. The maximum Gasteiger partial charge on any atom is 0.357 e. The Bertz CT molecular complexity index is 2040. The second kappa shape index (κ2) is 14.4. The van der Waals surface area contributed by atoms with Crippen molar-refractivity contribution in [1.82, 2.24) is 14.7 Å². The number of ether oxygens (including phenoxy) is 2. The van der Waals surface area contributed by atoms with Gasteiger partial charge in [-0.05, 0) is 93.1 Å². The highest BCUT2D eigenvalue weighted by atomic mass is 16.6. The zero-order chi connectivity index (χ0) is 35.4. The van der Waals surface area contributed by atoms with E-state index in [2.05, 4.69) is 18.1 Å². The Kier molecular flexibility index (Phi) is 9.86. The molecule has 0 radical (unpaired) electrons. The van der Waals surface area contributed by atoms with Gasteiger partial charge in [0.2, 0.25) is 0 Å². The van der Waals surface area contributed by atoms with Crippen molar-refractivity contribution in [2.75, 3.05) is 6.54 Å². The Balaban J connectivity index is 1.51. The zero-order valence-corrected chi connectivity index (χ0v) is 28.8. The lowest BCUT2D eigenvalue weighted by Crippen LogP contribution is -2.36. The lowest BCUT2D eigenvalue weighted by atomic mass is 9.92. The highest BCUT2D eigenvalue weighted by Gasteiger charge is 2.31. The molecule has 9 heteroatoms. The number of carboxylic acid groups (broad SMARTS) is 1. The molecule has 0 aliphatic carbocycles. The van der Waals surface area contributed by atoms with E-state index < -0.39 is 17.5 Å². The van der Waals surface area contributed by atoms with Crippen LogP contribution < -0.4 is 4.74 Å². The van der Waals surface area contributed by atoms with Crippen LogP contribution in [0.3, 0.4) is 0 Å². The van der Waals surface area contributed by atoms with Crippen molar-refractivity contribution < 1.29 is 29.0 Å². The second-order valence-electron chi connectivity index (χ2n) is 13.4. The third-order valence-electron chi connectivity index (χ3n) is 8.56. The molecule has 0 atom stereocenters. The van der Waals surface area contributed by atoms with Crippen LogP contribution in [0.25, 0.3) is 16.8 Å². The molecule has 1 aliphatic heterocycles. The van der Waals surface area contributed by atoms with Gasteiger partial charge in [-0.15, -0.1) is 0 Å². The number of benzene rings is 4. The van der Waals surface area contributed by atoms with Crippen molar-refractivity contribution in [2.45, 2.75) is 65.5 Å². The maximum absolute atomic E-state index is 14.5. The van der Waals surface area contributed by atoms with Crippen molar-refractivity contribution in [3.05, 3.63) is 131 Å². The Morgan fingerprint density at radius 2 is 1.58 bits per heavy atom. The number of carbonyl (C=O) groups is 3. The minimum absolute atomic E-state index is 0.187. The average molecular weight is 672 g/mol. The van der Waals surface area contributed by atoms with E-state index >= 15 is 0 Å². The molecule has 0 bridgehead atoms. The topological polar surface area (TPSA) is 111 Å². The lowest BCUT2D eigenvalue weighted by molar-refractivity contribution is 0.00692. The normalized spacial score (nSPS) is 12.7. The van der Waals surface area contributed by atoms with Crippen LogP contribution in [0.2, 0.25) is 0 Å². The van der Waals surface area contributed by atoms with Gasteiger partial charge in [0.25, 0.3) is 5.91 Å². The number of carbonyl (C=O) groups excluding carboxylic acids is 2. The zero-order valence-electron chi connectivity index (χ0n) is 28.8. The van der Waals surface area contributed by atoms with Gasteiger partial charge in [0.1, 0.15) is 17.1 Å². The van der Waals surface area contributed by atoms with E-state index in [-0.39, 0.29) is 22.7 Å². The van der Waals surface area contributed by atoms with Crippen molar-refractivity contribution >= 4 is 17.8 Å². The number of unbranched alkanes of at least 4 members (excludes halogenated alkanes) is 1. The summed E-state index contributed by atoms with van der Waals surface area (Å²) in [4.78, 5) is 42.5. The Hall–Kier alpha value is -5.70. The fraction of sp³-hybridized carbons (Fsp3) is 0.268. The van der Waals surface area contributed by atoms with E-state index in [0.717, 1.165) is 18.4 Å². The van der Waals surface area contributed by atoms with Crippen LogP contribution in [0.5, 0.6) is 11.5 Å². The fourth-order valence-corrected chi connectivity index (χ4v) is 6.22. The van der Waals surface area contributed by atoms with Crippen LogP contribution in [-0.2, 0) is 24.1 Å². The predicted molar refractivity (Wildman–Crippen MR) is 191 cm³/mol. The highest BCUT2D eigenvalue weighted by molar-refractivity contribution is 6.06. The van der Waals surface area contributed by atoms with Crippen LogP contribution in [0.1, 0.15) is 88.6 Å². The summed E-state index contributed by atoms with van der Waals surface area (Å²) in [5.41, 5.74) is 3.72. The largest absolute Gasteiger partial charge is 0.476 e. The van der Waals surface area contributed by atoms with Crippen molar-refractivity contribution in [1.29, 1.82) is 0 Å².